The first-order chi connectivity index (χ1) is 17.0. The van der Waals surface area contributed by atoms with Gasteiger partial charge in [0.2, 0.25) is 0 Å². The summed E-state index contributed by atoms with van der Waals surface area (Å²) >= 11 is 0. The van der Waals surface area contributed by atoms with Gasteiger partial charge in [-0.3, -0.25) is 19.7 Å². The van der Waals surface area contributed by atoms with E-state index in [9.17, 15) is 19.7 Å². The summed E-state index contributed by atoms with van der Waals surface area (Å²) in [5.74, 6) is -0.348. The van der Waals surface area contributed by atoms with Crippen molar-refractivity contribution in [3.63, 3.8) is 0 Å². The van der Waals surface area contributed by atoms with Crippen LogP contribution < -0.4 is 4.74 Å². The summed E-state index contributed by atoms with van der Waals surface area (Å²) in [6, 6.07) is 15.0. The van der Waals surface area contributed by atoms with Crippen LogP contribution in [0, 0.1) is 10.1 Å². The molecule has 2 aromatic carbocycles. The molecule has 3 aliphatic rings. The summed E-state index contributed by atoms with van der Waals surface area (Å²) < 4.78 is 5.19. The zero-order valence-corrected chi connectivity index (χ0v) is 19.8. The molecule has 7 nitrogen and oxygen atoms in total. The van der Waals surface area contributed by atoms with Crippen molar-refractivity contribution in [3.05, 3.63) is 92.3 Å². The molecular formula is C28H28N2O5. The number of carbonyl (C=O) groups excluding carboxylic acids is 2. The minimum absolute atomic E-state index is 0.0318. The van der Waals surface area contributed by atoms with E-state index in [0.717, 1.165) is 43.5 Å². The van der Waals surface area contributed by atoms with E-state index in [-0.39, 0.29) is 23.0 Å². The lowest BCUT2D eigenvalue weighted by Gasteiger charge is -2.44. The second-order valence-electron chi connectivity index (χ2n) is 9.28. The van der Waals surface area contributed by atoms with E-state index >= 15 is 0 Å². The number of methoxy groups -OCH3 is 1. The largest absolute Gasteiger partial charge is 0.490 e. The maximum Gasteiger partial charge on any atom is 0.311 e. The van der Waals surface area contributed by atoms with Gasteiger partial charge in [0.05, 0.1) is 12.0 Å². The molecule has 1 aliphatic heterocycles. The summed E-state index contributed by atoms with van der Waals surface area (Å²) in [7, 11) is 1.39. The standard InChI is InChI=1S/C28H28N2O5/c1-35-25-14-13-19(17-22(25)30(33)34)26-27-20(9-5-11-23(27)31)29(16-15-18-7-3-2-4-8-18)21-10-6-12-24(32)28(21)26/h2-4,7-8,13-14,17,26H,5-6,9-12,15-16H2,1H3. The van der Waals surface area contributed by atoms with Crippen molar-refractivity contribution in [3.8, 4) is 5.75 Å². The monoisotopic (exact) mass is 472 g/mol. The molecule has 0 amide bonds. The second kappa shape index (κ2) is 9.49. The van der Waals surface area contributed by atoms with Crippen molar-refractivity contribution in [2.24, 2.45) is 0 Å². The van der Waals surface area contributed by atoms with Crippen molar-refractivity contribution in [1.82, 2.24) is 4.90 Å². The van der Waals surface area contributed by atoms with E-state index in [1.807, 2.05) is 18.2 Å². The topological polar surface area (TPSA) is 89.8 Å². The van der Waals surface area contributed by atoms with Crippen LogP contribution in [0.3, 0.4) is 0 Å². The van der Waals surface area contributed by atoms with Crippen molar-refractivity contribution in [2.75, 3.05) is 13.7 Å². The number of ether oxygens (including phenoxy) is 1. The van der Waals surface area contributed by atoms with Gasteiger partial charge in [0.15, 0.2) is 17.3 Å². The van der Waals surface area contributed by atoms with E-state index < -0.39 is 10.8 Å². The van der Waals surface area contributed by atoms with E-state index in [4.69, 9.17) is 4.74 Å². The highest BCUT2D eigenvalue weighted by molar-refractivity contribution is 6.06. The fourth-order valence-electron chi connectivity index (χ4n) is 5.73. The van der Waals surface area contributed by atoms with Gasteiger partial charge in [0.25, 0.3) is 0 Å². The van der Waals surface area contributed by atoms with Gasteiger partial charge in [-0.1, -0.05) is 36.4 Å². The van der Waals surface area contributed by atoms with Crippen LogP contribution in [0.4, 0.5) is 5.69 Å². The number of benzene rings is 2. The molecule has 7 heteroatoms. The quantitative estimate of drug-likeness (QED) is 0.421. The van der Waals surface area contributed by atoms with Gasteiger partial charge in [0, 0.05) is 53.9 Å². The third-order valence-corrected chi connectivity index (χ3v) is 7.29. The Morgan fingerprint density at radius 3 is 2.14 bits per heavy atom. The molecule has 0 fully saturated rings. The fourth-order valence-corrected chi connectivity index (χ4v) is 5.73. The lowest BCUT2D eigenvalue weighted by Crippen LogP contribution is -2.39. The number of allylic oxidation sites excluding steroid dienone is 4. The molecule has 0 spiro atoms. The van der Waals surface area contributed by atoms with Gasteiger partial charge in [-0.05, 0) is 49.3 Å². The Kier molecular flexibility index (Phi) is 6.24. The molecule has 0 saturated carbocycles. The first-order valence-corrected chi connectivity index (χ1v) is 12.2. The van der Waals surface area contributed by atoms with Gasteiger partial charge in [0.1, 0.15) is 0 Å². The van der Waals surface area contributed by atoms with Crippen molar-refractivity contribution in [1.29, 1.82) is 0 Å². The van der Waals surface area contributed by atoms with E-state index in [2.05, 4.69) is 17.0 Å². The average molecular weight is 473 g/mol. The minimum atomic E-state index is -0.571. The Balaban J connectivity index is 1.65. The summed E-state index contributed by atoms with van der Waals surface area (Å²) in [5.41, 5.74) is 4.88. The maximum atomic E-state index is 13.4. The molecule has 2 aliphatic carbocycles. The molecule has 0 bridgehead atoms. The molecule has 0 saturated heterocycles. The molecule has 35 heavy (non-hydrogen) atoms. The van der Waals surface area contributed by atoms with Crippen LogP contribution in [0.2, 0.25) is 0 Å². The highest BCUT2D eigenvalue weighted by Crippen LogP contribution is 2.50. The molecule has 2 aromatic rings. The Labute approximate surface area is 204 Å². The SMILES string of the molecule is COc1ccc(C2C3=C(CCCC3=O)N(CCc3ccccc3)C3=C2C(=O)CCC3)cc1[N+](=O)[O-]. The zero-order valence-electron chi connectivity index (χ0n) is 19.8. The molecule has 0 radical (unpaired) electrons. The minimum Gasteiger partial charge on any atom is -0.490 e. The lowest BCUT2D eigenvalue weighted by molar-refractivity contribution is -0.385. The van der Waals surface area contributed by atoms with Gasteiger partial charge in [-0.2, -0.15) is 0 Å². The molecule has 0 aromatic heterocycles. The van der Waals surface area contributed by atoms with Gasteiger partial charge >= 0.3 is 5.69 Å². The zero-order chi connectivity index (χ0) is 24.5. The van der Waals surface area contributed by atoms with E-state index in [1.165, 1.54) is 18.7 Å². The van der Waals surface area contributed by atoms with Crippen LogP contribution in [0.15, 0.2) is 71.1 Å². The van der Waals surface area contributed by atoms with Crippen molar-refractivity contribution in [2.45, 2.75) is 50.9 Å². The highest BCUT2D eigenvalue weighted by atomic mass is 16.6. The number of carbonyl (C=O) groups is 2. The Morgan fingerprint density at radius 2 is 1.57 bits per heavy atom. The van der Waals surface area contributed by atoms with Gasteiger partial charge in [-0.15, -0.1) is 0 Å². The number of Topliss-reactive ketones (excluding diaryl/α,β-unsaturated/α-hetero) is 2. The van der Waals surface area contributed by atoms with Crippen LogP contribution >= 0.6 is 0 Å². The number of nitrogens with zero attached hydrogens (tertiary/aromatic N) is 2. The van der Waals surface area contributed by atoms with Gasteiger partial charge < -0.3 is 9.64 Å². The third kappa shape index (κ3) is 4.16. The molecule has 0 atom stereocenters. The van der Waals surface area contributed by atoms with Crippen LogP contribution in [-0.4, -0.2) is 35.0 Å². The predicted octanol–water partition coefficient (Wildman–Crippen LogP) is 5.26. The van der Waals surface area contributed by atoms with Crippen LogP contribution in [0.25, 0.3) is 0 Å². The van der Waals surface area contributed by atoms with E-state index in [1.54, 1.807) is 12.1 Å². The number of nitro benzene ring substituents is 1. The Morgan fingerprint density at radius 1 is 0.943 bits per heavy atom. The Hall–Kier alpha value is -3.74. The normalized spacial score (nSPS) is 18.5. The second-order valence-corrected chi connectivity index (χ2v) is 9.28. The number of ketones is 2. The summed E-state index contributed by atoms with van der Waals surface area (Å²) in [6.45, 7) is 0.692. The average Bonchev–Trinajstić information content (AvgIpc) is 2.87. The first kappa shape index (κ1) is 23.0. The molecular weight excluding hydrogens is 444 g/mol. The molecule has 0 N–H and O–H groups in total. The molecule has 1 heterocycles. The van der Waals surface area contributed by atoms with E-state index in [0.29, 0.717) is 36.1 Å². The number of nitro groups is 1. The van der Waals surface area contributed by atoms with Crippen LogP contribution in [0.1, 0.15) is 55.6 Å². The number of rotatable bonds is 6. The predicted molar refractivity (Wildman–Crippen MR) is 131 cm³/mol. The summed E-state index contributed by atoms with van der Waals surface area (Å²) in [6.07, 6.45) is 4.71. The fraction of sp³-hybridized carbons (Fsp3) is 0.357. The highest BCUT2D eigenvalue weighted by Gasteiger charge is 2.43. The summed E-state index contributed by atoms with van der Waals surface area (Å²) in [4.78, 5) is 40.2. The summed E-state index contributed by atoms with van der Waals surface area (Å²) in [5, 5.41) is 11.7. The van der Waals surface area contributed by atoms with Crippen LogP contribution in [0.5, 0.6) is 5.75 Å². The molecule has 0 unspecified atom stereocenters. The Bertz CT molecular complexity index is 1220. The van der Waals surface area contributed by atoms with Gasteiger partial charge in [-0.25, -0.2) is 0 Å². The molecule has 5 rings (SSSR count). The third-order valence-electron chi connectivity index (χ3n) is 7.29. The molecule has 180 valence electrons. The maximum absolute atomic E-state index is 13.4. The number of hydrogen-bond acceptors (Lipinski definition) is 6. The van der Waals surface area contributed by atoms with Crippen LogP contribution in [-0.2, 0) is 16.0 Å². The van der Waals surface area contributed by atoms with Crippen molar-refractivity contribution < 1.29 is 19.2 Å². The van der Waals surface area contributed by atoms with Crippen molar-refractivity contribution >= 4 is 17.3 Å². The lowest BCUT2D eigenvalue weighted by atomic mass is 9.71. The smallest absolute Gasteiger partial charge is 0.311 e. The first-order valence-electron chi connectivity index (χ1n) is 12.2. The number of hydrogen-bond donors (Lipinski definition) is 0.